The van der Waals surface area contributed by atoms with Crippen molar-refractivity contribution in [1.82, 2.24) is 10.6 Å². The Labute approximate surface area is 301 Å². The average molecular weight is 689 g/mol. The van der Waals surface area contributed by atoms with Gasteiger partial charge in [0.2, 0.25) is 11.8 Å². The molecule has 0 saturated heterocycles. The summed E-state index contributed by atoms with van der Waals surface area (Å²) in [7, 11) is 0. The van der Waals surface area contributed by atoms with Crippen LogP contribution in [0.2, 0.25) is 0 Å². The fourth-order valence-corrected chi connectivity index (χ4v) is 5.74. The highest BCUT2D eigenvalue weighted by Gasteiger charge is 2.27. The highest BCUT2D eigenvalue weighted by molar-refractivity contribution is 5.86. The molecule has 2 amide bonds. The van der Waals surface area contributed by atoms with Crippen molar-refractivity contribution in [1.29, 1.82) is 0 Å². The standard InChI is InChI=1S/C43H48N2O6/c1-3-14-36(28-41(47)45-38(30-46)27-33-22-24-39(25-23-33)50-31-34-18-10-6-11-19-34)42(48)44-29-40(35-20-12-7-13-21-35)51-43(49)37(15-4-2)26-32-16-8-5-9-17-32/h3-13,16-25,36-38,40,46H,1-2,14-15,26-31H2,(H,44,48)(H,45,47)/t36-,37+,38+,40+/m1/s1. The first-order valence-electron chi connectivity index (χ1n) is 17.3. The van der Waals surface area contributed by atoms with Gasteiger partial charge in [-0.1, -0.05) is 115 Å². The second-order valence-electron chi connectivity index (χ2n) is 12.5. The van der Waals surface area contributed by atoms with Crippen molar-refractivity contribution in [3.8, 4) is 5.75 Å². The van der Waals surface area contributed by atoms with Gasteiger partial charge in [0.1, 0.15) is 18.5 Å². The number of aliphatic hydroxyl groups is 1. The van der Waals surface area contributed by atoms with E-state index in [-0.39, 0.29) is 43.8 Å². The number of carbonyl (C=O) groups is 3. The molecule has 0 radical (unpaired) electrons. The maximum Gasteiger partial charge on any atom is 0.310 e. The molecule has 0 aromatic heterocycles. The molecule has 0 heterocycles. The van der Waals surface area contributed by atoms with Crippen molar-refractivity contribution >= 4 is 17.8 Å². The molecule has 0 aliphatic heterocycles. The van der Waals surface area contributed by atoms with Gasteiger partial charge in [0.15, 0.2) is 0 Å². The summed E-state index contributed by atoms with van der Waals surface area (Å²) in [5.74, 6) is -1.53. The Morgan fingerprint density at radius 3 is 1.88 bits per heavy atom. The van der Waals surface area contributed by atoms with Crippen LogP contribution in [0.25, 0.3) is 0 Å². The number of esters is 1. The lowest BCUT2D eigenvalue weighted by atomic mass is 9.96. The quantitative estimate of drug-likeness (QED) is 0.0663. The molecule has 4 rings (SSSR count). The van der Waals surface area contributed by atoms with E-state index in [1.54, 1.807) is 12.2 Å². The van der Waals surface area contributed by atoms with E-state index in [1.807, 2.05) is 115 Å². The van der Waals surface area contributed by atoms with E-state index in [9.17, 15) is 19.5 Å². The topological polar surface area (TPSA) is 114 Å². The van der Waals surface area contributed by atoms with E-state index in [0.29, 0.717) is 25.9 Å². The van der Waals surface area contributed by atoms with Crippen LogP contribution in [-0.4, -0.2) is 42.1 Å². The zero-order valence-corrected chi connectivity index (χ0v) is 29.0. The van der Waals surface area contributed by atoms with E-state index < -0.39 is 24.0 Å². The molecular formula is C43H48N2O6. The molecule has 0 aliphatic rings. The van der Waals surface area contributed by atoms with Gasteiger partial charge < -0.3 is 25.2 Å². The van der Waals surface area contributed by atoms with E-state index in [1.165, 1.54) is 0 Å². The third-order valence-corrected chi connectivity index (χ3v) is 8.49. The minimum Gasteiger partial charge on any atom is -0.489 e. The zero-order chi connectivity index (χ0) is 36.3. The van der Waals surface area contributed by atoms with Gasteiger partial charge in [0, 0.05) is 6.42 Å². The zero-order valence-electron chi connectivity index (χ0n) is 29.0. The van der Waals surface area contributed by atoms with Gasteiger partial charge in [-0.25, -0.2) is 0 Å². The van der Waals surface area contributed by atoms with Crippen LogP contribution < -0.4 is 15.4 Å². The normalized spacial score (nSPS) is 13.1. The molecule has 0 bridgehead atoms. The molecule has 51 heavy (non-hydrogen) atoms. The van der Waals surface area contributed by atoms with Gasteiger partial charge in [-0.05, 0) is 60.1 Å². The maximum atomic E-state index is 13.4. The van der Waals surface area contributed by atoms with Crippen LogP contribution in [0.15, 0.2) is 141 Å². The Kier molecular flexibility index (Phi) is 15.7. The smallest absolute Gasteiger partial charge is 0.310 e. The van der Waals surface area contributed by atoms with Crippen molar-refractivity contribution in [2.75, 3.05) is 13.2 Å². The molecule has 0 saturated carbocycles. The third-order valence-electron chi connectivity index (χ3n) is 8.49. The second-order valence-corrected chi connectivity index (χ2v) is 12.5. The van der Waals surface area contributed by atoms with Gasteiger partial charge >= 0.3 is 5.97 Å². The number of aliphatic hydroxyl groups excluding tert-OH is 1. The lowest BCUT2D eigenvalue weighted by Crippen LogP contribution is -2.42. The molecule has 4 atom stereocenters. The second kappa shape index (κ2) is 20.9. The summed E-state index contributed by atoms with van der Waals surface area (Å²) >= 11 is 0. The molecule has 0 spiro atoms. The van der Waals surface area contributed by atoms with E-state index in [2.05, 4.69) is 23.8 Å². The third kappa shape index (κ3) is 13.1. The first kappa shape index (κ1) is 38.3. The molecule has 0 fully saturated rings. The molecule has 266 valence electrons. The molecule has 3 N–H and O–H groups in total. The highest BCUT2D eigenvalue weighted by atomic mass is 16.5. The van der Waals surface area contributed by atoms with Crippen LogP contribution in [0.1, 0.15) is 47.6 Å². The van der Waals surface area contributed by atoms with Crippen molar-refractivity contribution in [3.05, 3.63) is 163 Å². The van der Waals surface area contributed by atoms with Crippen LogP contribution in [0, 0.1) is 11.8 Å². The van der Waals surface area contributed by atoms with Crippen molar-refractivity contribution in [2.45, 2.75) is 50.9 Å². The molecular weight excluding hydrogens is 640 g/mol. The number of rotatable bonds is 21. The number of hydrogen-bond acceptors (Lipinski definition) is 6. The Hall–Kier alpha value is -5.47. The summed E-state index contributed by atoms with van der Waals surface area (Å²) < 4.78 is 11.9. The minimum absolute atomic E-state index is 0.0281. The summed E-state index contributed by atoms with van der Waals surface area (Å²) in [5.41, 5.74) is 3.74. The van der Waals surface area contributed by atoms with Crippen LogP contribution in [0.4, 0.5) is 0 Å². The van der Waals surface area contributed by atoms with Crippen LogP contribution >= 0.6 is 0 Å². The van der Waals surface area contributed by atoms with E-state index >= 15 is 0 Å². The molecule has 0 aliphatic carbocycles. The largest absolute Gasteiger partial charge is 0.489 e. The monoisotopic (exact) mass is 688 g/mol. The SMILES string of the molecule is C=CC[C@H](CC(=O)N[C@H](CO)Cc1ccc(OCc2ccccc2)cc1)C(=O)NC[C@H](OC(=O)[C@@H](CC=C)Cc1ccccc1)c1ccccc1. The molecule has 4 aromatic carbocycles. The first-order chi connectivity index (χ1) is 24.9. The number of nitrogens with one attached hydrogen (secondary N) is 2. The predicted octanol–water partition coefficient (Wildman–Crippen LogP) is 6.70. The summed E-state index contributed by atoms with van der Waals surface area (Å²) in [6.45, 7) is 7.81. The number of allylic oxidation sites excluding steroid dienone is 2. The molecule has 0 unspecified atom stereocenters. The Balaban J connectivity index is 1.32. The lowest BCUT2D eigenvalue weighted by molar-refractivity contribution is -0.154. The lowest BCUT2D eigenvalue weighted by Gasteiger charge is -2.24. The van der Waals surface area contributed by atoms with Crippen LogP contribution in [0.5, 0.6) is 5.75 Å². The van der Waals surface area contributed by atoms with Crippen molar-refractivity contribution in [2.24, 2.45) is 11.8 Å². The first-order valence-corrected chi connectivity index (χ1v) is 17.3. The Morgan fingerprint density at radius 1 is 0.706 bits per heavy atom. The maximum absolute atomic E-state index is 13.4. The summed E-state index contributed by atoms with van der Waals surface area (Å²) in [5, 5.41) is 15.8. The Morgan fingerprint density at radius 2 is 1.27 bits per heavy atom. The fraction of sp³-hybridized carbons (Fsp3) is 0.279. The predicted molar refractivity (Wildman–Crippen MR) is 200 cm³/mol. The minimum atomic E-state index is -0.738. The number of benzene rings is 4. The van der Waals surface area contributed by atoms with Crippen LogP contribution in [-0.2, 0) is 38.6 Å². The van der Waals surface area contributed by atoms with Gasteiger partial charge in [-0.15, -0.1) is 13.2 Å². The van der Waals surface area contributed by atoms with E-state index in [0.717, 1.165) is 28.0 Å². The van der Waals surface area contributed by atoms with Crippen molar-refractivity contribution < 1.29 is 29.0 Å². The number of hydrogen-bond donors (Lipinski definition) is 3. The summed E-state index contributed by atoms with van der Waals surface area (Å²) in [6.07, 6.45) is 4.08. The molecule has 4 aromatic rings. The molecule has 8 heteroatoms. The van der Waals surface area contributed by atoms with Gasteiger partial charge in [0.05, 0.1) is 31.0 Å². The average Bonchev–Trinajstić information content (AvgIpc) is 3.16. The summed E-state index contributed by atoms with van der Waals surface area (Å²) in [4.78, 5) is 40.0. The number of carbonyl (C=O) groups excluding carboxylic acids is 3. The van der Waals surface area contributed by atoms with Gasteiger partial charge in [0.25, 0.3) is 0 Å². The van der Waals surface area contributed by atoms with Gasteiger partial charge in [-0.3, -0.25) is 14.4 Å². The number of amides is 2. The fourth-order valence-electron chi connectivity index (χ4n) is 5.74. The van der Waals surface area contributed by atoms with Crippen molar-refractivity contribution in [3.63, 3.8) is 0 Å². The Bertz CT molecular complexity index is 1660. The number of ether oxygens (including phenoxy) is 2. The summed E-state index contributed by atoms with van der Waals surface area (Å²) in [6, 6.07) is 35.9. The van der Waals surface area contributed by atoms with E-state index in [4.69, 9.17) is 9.47 Å². The van der Waals surface area contributed by atoms with Gasteiger partial charge in [-0.2, -0.15) is 0 Å². The van der Waals surface area contributed by atoms with Crippen LogP contribution in [0.3, 0.4) is 0 Å². The highest BCUT2D eigenvalue weighted by Crippen LogP contribution is 2.23. The molecule has 8 nitrogen and oxygen atoms in total.